The maximum Gasteiger partial charge on any atom is 0.414 e. The Balaban J connectivity index is 1.53. The van der Waals surface area contributed by atoms with Crippen LogP contribution in [0.2, 0.25) is 0 Å². The Bertz CT molecular complexity index is 978. The summed E-state index contributed by atoms with van der Waals surface area (Å²) < 4.78 is 42.9. The molecule has 0 aliphatic carbocycles. The van der Waals surface area contributed by atoms with Crippen LogP contribution in [0.25, 0.3) is 0 Å². The third-order valence-electron chi connectivity index (χ3n) is 4.73. The Morgan fingerprint density at radius 2 is 2.26 bits per heavy atom. The lowest BCUT2D eigenvalue weighted by molar-refractivity contribution is -0.121. The van der Waals surface area contributed by atoms with Gasteiger partial charge in [-0.2, -0.15) is 17.8 Å². The quantitative estimate of drug-likeness (QED) is 0.521. The van der Waals surface area contributed by atoms with Gasteiger partial charge in [0, 0.05) is 37.2 Å². The average molecular weight is 477 g/mol. The van der Waals surface area contributed by atoms with Gasteiger partial charge in [0.1, 0.15) is 18.3 Å². The summed E-state index contributed by atoms with van der Waals surface area (Å²) in [4.78, 5) is 27.0. The molecule has 0 bridgehead atoms. The van der Waals surface area contributed by atoms with E-state index in [9.17, 15) is 22.4 Å². The number of nitrogens with one attached hydrogen (secondary N) is 2. The van der Waals surface area contributed by atoms with Gasteiger partial charge in [0.2, 0.25) is 5.91 Å². The van der Waals surface area contributed by atoms with Crippen molar-refractivity contribution in [1.82, 2.24) is 15.0 Å². The lowest BCUT2D eigenvalue weighted by Gasteiger charge is -2.24. The van der Waals surface area contributed by atoms with E-state index in [4.69, 9.17) is 15.4 Å². The number of anilines is 2. The summed E-state index contributed by atoms with van der Waals surface area (Å²) in [6.45, 7) is 1.22. The molecule has 11 nitrogen and oxygen atoms in total. The fourth-order valence-corrected chi connectivity index (χ4v) is 3.52. The number of nitrogens with zero attached hydrogens (tertiary/aromatic N) is 4. The number of hydrogen-bond acceptors (Lipinski definition) is 8. The third-order valence-corrected chi connectivity index (χ3v) is 6.37. The van der Waals surface area contributed by atoms with Gasteiger partial charge < -0.3 is 20.4 Å². The largest absolute Gasteiger partial charge is 0.442 e. The summed E-state index contributed by atoms with van der Waals surface area (Å²) >= 11 is 0. The van der Waals surface area contributed by atoms with Crippen molar-refractivity contribution in [3.8, 4) is 0 Å². The van der Waals surface area contributed by atoms with Gasteiger partial charge in [-0.15, -0.1) is 0 Å². The SMILES string of the molecule is CN(CCC(=O)NC[C@H]1CN(c2ccc(N3C=NNCC3)c(F)c2)C(=O)O1)S(=O)(=O)Cl. The Hall–Kier alpha value is -2.64. The Morgan fingerprint density at radius 1 is 1.48 bits per heavy atom. The lowest BCUT2D eigenvalue weighted by atomic mass is 10.2. The first-order chi connectivity index (χ1) is 14.6. The number of cyclic esters (lactones) is 1. The molecule has 1 fully saturated rings. The van der Waals surface area contributed by atoms with Crippen LogP contribution in [0.4, 0.5) is 20.6 Å². The number of hydrazone groups is 1. The molecule has 3 rings (SSSR count). The molecule has 2 N–H and O–H groups in total. The number of amides is 2. The van der Waals surface area contributed by atoms with Crippen LogP contribution >= 0.6 is 10.7 Å². The van der Waals surface area contributed by atoms with Crippen molar-refractivity contribution in [1.29, 1.82) is 0 Å². The van der Waals surface area contributed by atoms with Crippen molar-refractivity contribution >= 4 is 49.6 Å². The van der Waals surface area contributed by atoms with Gasteiger partial charge in [-0.1, -0.05) is 0 Å². The topological polar surface area (TPSA) is 124 Å². The fraction of sp³-hybridized carbons (Fsp3) is 0.471. The number of hydrogen-bond donors (Lipinski definition) is 2. The number of carbonyl (C=O) groups is 2. The van der Waals surface area contributed by atoms with Crippen molar-refractivity contribution in [2.45, 2.75) is 12.5 Å². The average Bonchev–Trinajstić information content (AvgIpc) is 3.10. The lowest BCUT2D eigenvalue weighted by Crippen LogP contribution is -2.36. The maximum atomic E-state index is 14.6. The van der Waals surface area contributed by atoms with Crippen LogP contribution in [0.5, 0.6) is 0 Å². The zero-order chi connectivity index (χ0) is 22.6. The molecule has 1 saturated heterocycles. The summed E-state index contributed by atoms with van der Waals surface area (Å²) in [5, 5.41) is 6.47. The normalized spacial score (nSPS) is 18.8. The van der Waals surface area contributed by atoms with Gasteiger partial charge in [0.15, 0.2) is 0 Å². The van der Waals surface area contributed by atoms with Crippen LogP contribution in [0.3, 0.4) is 0 Å². The summed E-state index contributed by atoms with van der Waals surface area (Å²) in [5.74, 6) is -0.927. The first-order valence-electron chi connectivity index (χ1n) is 9.38. The van der Waals surface area contributed by atoms with Crippen LogP contribution in [-0.4, -0.2) is 76.9 Å². The van der Waals surface area contributed by atoms with Crippen molar-refractivity contribution in [2.24, 2.45) is 5.10 Å². The molecule has 0 aromatic heterocycles. The summed E-state index contributed by atoms with van der Waals surface area (Å²) in [7, 11) is 2.54. The first kappa shape index (κ1) is 23.0. The first-order valence-corrected chi connectivity index (χ1v) is 11.6. The molecular formula is C17H22ClFN6O5S. The van der Waals surface area contributed by atoms with Crippen LogP contribution in [0.15, 0.2) is 23.3 Å². The van der Waals surface area contributed by atoms with Gasteiger partial charge in [-0.25, -0.2) is 9.18 Å². The number of rotatable bonds is 8. The molecule has 1 aromatic carbocycles. The molecule has 2 aliphatic rings. The highest BCUT2D eigenvalue weighted by Crippen LogP contribution is 2.27. The van der Waals surface area contributed by atoms with Crippen molar-refractivity contribution in [3.05, 3.63) is 24.0 Å². The second kappa shape index (κ2) is 9.66. The molecule has 31 heavy (non-hydrogen) atoms. The van der Waals surface area contributed by atoms with Crippen LogP contribution < -0.4 is 20.5 Å². The number of halogens is 2. The van der Waals surface area contributed by atoms with Crippen LogP contribution in [0.1, 0.15) is 6.42 Å². The van der Waals surface area contributed by atoms with Gasteiger partial charge in [-0.3, -0.25) is 9.69 Å². The predicted octanol–water partition coefficient (Wildman–Crippen LogP) is 0.426. The third kappa shape index (κ3) is 5.95. The van der Waals surface area contributed by atoms with E-state index in [0.717, 1.165) is 4.31 Å². The van der Waals surface area contributed by atoms with Gasteiger partial charge in [0.25, 0.3) is 9.24 Å². The molecular weight excluding hydrogens is 455 g/mol. The minimum Gasteiger partial charge on any atom is -0.442 e. The van der Waals surface area contributed by atoms with E-state index in [2.05, 4.69) is 15.8 Å². The molecule has 0 spiro atoms. The Kier molecular flexibility index (Phi) is 7.18. The highest BCUT2D eigenvalue weighted by atomic mass is 35.7. The molecule has 0 saturated carbocycles. The molecule has 170 valence electrons. The van der Waals surface area contributed by atoms with E-state index >= 15 is 0 Å². The summed E-state index contributed by atoms with van der Waals surface area (Å²) in [6.07, 6.45) is 0.108. The van der Waals surface area contributed by atoms with E-state index in [0.29, 0.717) is 24.5 Å². The predicted molar refractivity (Wildman–Crippen MR) is 113 cm³/mol. The van der Waals surface area contributed by atoms with Crippen LogP contribution in [-0.2, 0) is 18.8 Å². The van der Waals surface area contributed by atoms with Gasteiger partial charge >= 0.3 is 6.09 Å². The zero-order valence-electron chi connectivity index (χ0n) is 16.6. The highest BCUT2D eigenvalue weighted by molar-refractivity contribution is 8.11. The highest BCUT2D eigenvalue weighted by Gasteiger charge is 2.33. The smallest absolute Gasteiger partial charge is 0.414 e. The van der Waals surface area contributed by atoms with E-state index < -0.39 is 33.2 Å². The molecule has 0 radical (unpaired) electrons. The molecule has 14 heteroatoms. The zero-order valence-corrected chi connectivity index (χ0v) is 18.2. The monoisotopic (exact) mass is 476 g/mol. The van der Waals surface area contributed by atoms with E-state index in [1.54, 1.807) is 17.0 Å². The fourth-order valence-electron chi connectivity index (χ4n) is 3.01. The molecule has 2 aliphatic heterocycles. The Labute approximate surface area is 183 Å². The molecule has 0 unspecified atom stereocenters. The number of benzene rings is 1. The summed E-state index contributed by atoms with van der Waals surface area (Å²) in [6, 6.07) is 4.42. The van der Waals surface area contributed by atoms with Gasteiger partial charge in [-0.05, 0) is 18.2 Å². The van der Waals surface area contributed by atoms with Gasteiger partial charge in [0.05, 0.1) is 31.0 Å². The maximum absolute atomic E-state index is 14.6. The Morgan fingerprint density at radius 3 is 2.90 bits per heavy atom. The van der Waals surface area contributed by atoms with E-state index in [1.807, 2.05) is 0 Å². The van der Waals surface area contributed by atoms with Crippen molar-refractivity contribution < 1.29 is 27.1 Å². The van der Waals surface area contributed by atoms with Crippen molar-refractivity contribution in [2.75, 3.05) is 49.6 Å². The molecule has 2 heterocycles. The molecule has 1 aromatic rings. The van der Waals surface area contributed by atoms with Crippen LogP contribution in [0, 0.1) is 5.82 Å². The van der Waals surface area contributed by atoms with E-state index in [-0.39, 0.29) is 26.1 Å². The molecule has 1 atom stereocenters. The number of carbonyl (C=O) groups excluding carboxylic acids is 2. The summed E-state index contributed by atoms with van der Waals surface area (Å²) in [5.41, 5.74) is 3.46. The second-order valence-electron chi connectivity index (χ2n) is 6.92. The second-order valence-corrected chi connectivity index (χ2v) is 9.53. The number of ether oxygens (including phenoxy) is 1. The van der Waals surface area contributed by atoms with E-state index in [1.165, 1.54) is 24.4 Å². The molecule has 2 amide bonds. The minimum absolute atomic E-state index is 0.0379. The van der Waals surface area contributed by atoms with Crippen molar-refractivity contribution in [3.63, 3.8) is 0 Å². The standard InChI is InChI=1S/C17H22ClFN6O5S/c1-23(31(18,28)29)6-4-16(26)20-9-13-10-25(17(27)30-13)12-2-3-15(14(19)8-12)24-7-5-21-22-11-24/h2-3,8,11,13,21H,4-7,9-10H2,1H3,(H,20,26)/t13-/m0/s1. The minimum atomic E-state index is -3.88.